The van der Waals surface area contributed by atoms with E-state index in [1.54, 1.807) is 12.1 Å². The van der Waals surface area contributed by atoms with Gasteiger partial charge < -0.3 is 0 Å². The normalized spacial score (nSPS) is 11.7. The fraction of sp³-hybridized carbons (Fsp3) is 0.0625. The molecule has 7 heteroatoms. The van der Waals surface area contributed by atoms with Crippen molar-refractivity contribution in [2.45, 2.75) is 6.18 Å². The van der Waals surface area contributed by atoms with Crippen molar-refractivity contribution in [3.63, 3.8) is 0 Å². The van der Waals surface area contributed by atoms with Crippen molar-refractivity contribution < 1.29 is 17.6 Å². The lowest BCUT2D eigenvalue weighted by atomic mass is 10.1. The van der Waals surface area contributed by atoms with Gasteiger partial charge in [0, 0.05) is 5.56 Å². The fourth-order valence-electron chi connectivity index (χ4n) is 2.19. The molecule has 3 aromatic rings. The van der Waals surface area contributed by atoms with Gasteiger partial charge >= 0.3 is 6.18 Å². The summed E-state index contributed by atoms with van der Waals surface area (Å²) in [5, 5.41) is 4.21. The molecule has 2 aromatic carbocycles. The van der Waals surface area contributed by atoms with Crippen molar-refractivity contribution in [1.82, 2.24) is 9.78 Å². The number of halogens is 5. The monoisotopic (exact) mass is 384 g/mol. The average molecular weight is 385 g/mol. The molecule has 0 unspecified atom stereocenters. The van der Waals surface area contributed by atoms with E-state index in [0.29, 0.717) is 21.5 Å². The zero-order valence-corrected chi connectivity index (χ0v) is 13.1. The molecule has 2 nitrogen and oxygen atoms in total. The zero-order chi connectivity index (χ0) is 16.6. The molecule has 0 spiro atoms. The minimum absolute atomic E-state index is 0.363. The van der Waals surface area contributed by atoms with Crippen LogP contribution in [-0.2, 0) is 6.18 Å². The van der Waals surface area contributed by atoms with E-state index in [0.717, 1.165) is 12.1 Å². The molecule has 0 aliphatic carbocycles. The molecule has 0 N–H and O–H groups in total. The number of nitrogens with zero attached hydrogens (tertiary/aromatic N) is 2. The Balaban J connectivity index is 2.13. The molecule has 0 saturated heterocycles. The zero-order valence-electron chi connectivity index (χ0n) is 11.5. The smallest absolute Gasteiger partial charge is 0.232 e. The molecule has 0 saturated carbocycles. The van der Waals surface area contributed by atoms with Gasteiger partial charge in [0.05, 0.1) is 16.9 Å². The summed E-state index contributed by atoms with van der Waals surface area (Å²) in [6.45, 7) is 0. The van der Waals surface area contributed by atoms with Gasteiger partial charge in [-0.05, 0) is 58.4 Å². The van der Waals surface area contributed by atoms with Crippen LogP contribution in [0.3, 0.4) is 0 Å². The third-order valence-electron chi connectivity index (χ3n) is 3.24. The molecule has 1 aromatic heterocycles. The van der Waals surface area contributed by atoms with Gasteiger partial charge in [-0.1, -0.05) is 12.1 Å². The molecule has 0 aliphatic rings. The molecular formula is C16H9BrF4N2. The van der Waals surface area contributed by atoms with Crippen LogP contribution < -0.4 is 0 Å². The largest absolute Gasteiger partial charge is 0.416 e. The van der Waals surface area contributed by atoms with Crippen LogP contribution in [0.4, 0.5) is 17.6 Å². The Morgan fingerprint density at radius 2 is 1.65 bits per heavy atom. The van der Waals surface area contributed by atoms with E-state index in [9.17, 15) is 17.6 Å². The first-order valence-corrected chi connectivity index (χ1v) is 7.33. The van der Waals surface area contributed by atoms with E-state index in [2.05, 4.69) is 21.0 Å². The van der Waals surface area contributed by atoms with Crippen molar-refractivity contribution in [1.29, 1.82) is 0 Å². The van der Waals surface area contributed by atoms with Gasteiger partial charge in [-0.2, -0.15) is 18.3 Å². The molecule has 0 atom stereocenters. The Kier molecular flexibility index (Phi) is 3.97. The topological polar surface area (TPSA) is 17.8 Å². The van der Waals surface area contributed by atoms with Crippen molar-refractivity contribution in [3.05, 3.63) is 70.6 Å². The number of rotatable bonds is 2. The van der Waals surface area contributed by atoms with E-state index in [1.165, 1.54) is 35.0 Å². The van der Waals surface area contributed by atoms with Gasteiger partial charge in [0.15, 0.2) is 0 Å². The van der Waals surface area contributed by atoms with E-state index < -0.39 is 17.6 Å². The van der Waals surface area contributed by atoms with Crippen LogP contribution in [0.5, 0.6) is 0 Å². The summed E-state index contributed by atoms with van der Waals surface area (Å²) >= 11 is 3.22. The lowest BCUT2D eigenvalue weighted by molar-refractivity contribution is -0.137. The summed E-state index contributed by atoms with van der Waals surface area (Å²) in [7, 11) is 0. The fourth-order valence-corrected chi connectivity index (χ4v) is 2.57. The molecule has 0 bridgehead atoms. The third kappa shape index (κ3) is 3.29. The average Bonchev–Trinajstić information content (AvgIpc) is 2.89. The van der Waals surface area contributed by atoms with E-state index in [4.69, 9.17) is 0 Å². The van der Waals surface area contributed by atoms with Crippen LogP contribution in [-0.4, -0.2) is 9.78 Å². The first-order chi connectivity index (χ1) is 10.8. The second-order valence-electron chi connectivity index (χ2n) is 4.82. The predicted octanol–water partition coefficient (Wildman–Crippen LogP) is 5.46. The van der Waals surface area contributed by atoms with Crippen LogP contribution in [0.15, 0.2) is 59.2 Å². The SMILES string of the molecule is Fc1ccc(-n2nc(Br)cc2-c2cccc(C(F)(F)F)c2)cc1. The highest BCUT2D eigenvalue weighted by Gasteiger charge is 2.30. The summed E-state index contributed by atoms with van der Waals surface area (Å²) in [6.07, 6.45) is -4.42. The highest BCUT2D eigenvalue weighted by atomic mass is 79.9. The van der Waals surface area contributed by atoms with Crippen LogP contribution >= 0.6 is 15.9 Å². The summed E-state index contributed by atoms with van der Waals surface area (Å²) in [6, 6.07) is 12.1. The number of alkyl halides is 3. The van der Waals surface area contributed by atoms with Gasteiger partial charge in [-0.3, -0.25) is 0 Å². The molecule has 23 heavy (non-hydrogen) atoms. The van der Waals surface area contributed by atoms with E-state index in [-0.39, 0.29) is 0 Å². The molecular weight excluding hydrogens is 376 g/mol. The first-order valence-electron chi connectivity index (χ1n) is 6.54. The van der Waals surface area contributed by atoms with E-state index in [1.807, 2.05) is 0 Å². The van der Waals surface area contributed by atoms with Crippen molar-refractivity contribution in [2.75, 3.05) is 0 Å². The molecule has 118 valence electrons. The molecule has 0 radical (unpaired) electrons. The molecule has 1 heterocycles. The van der Waals surface area contributed by atoms with Gasteiger partial charge in [-0.25, -0.2) is 9.07 Å². The third-order valence-corrected chi connectivity index (χ3v) is 3.62. The molecule has 0 aliphatic heterocycles. The maximum atomic E-state index is 13.1. The summed E-state index contributed by atoms with van der Waals surface area (Å²) < 4.78 is 53.6. The second-order valence-corrected chi connectivity index (χ2v) is 5.63. The van der Waals surface area contributed by atoms with Crippen molar-refractivity contribution in [3.8, 4) is 16.9 Å². The first kappa shape index (κ1) is 15.7. The minimum Gasteiger partial charge on any atom is -0.232 e. The maximum absolute atomic E-state index is 13.1. The summed E-state index contributed by atoms with van der Waals surface area (Å²) in [5.41, 5.74) is 0.638. The Morgan fingerprint density at radius 1 is 0.957 bits per heavy atom. The Morgan fingerprint density at radius 3 is 2.30 bits per heavy atom. The van der Waals surface area contributed by atoms with E-state index >= 15 is 0 Å². The maximum Gasteiger partial charge on any atom is 0.416 e. The molecule has 0 fully saturated rings. The molecule has 3 rings (SSSR count). The standard InChI is InChI=1S/C16H9BrF4N2/c17-15-9-14(10-2-1-3-11(8-10)16(19,20)21)23(22-15)13-6-4-12(18)5-7-13/h1-9H. The van der Waals surface area contributed by atoms with Gasteiger partial charge in [0.25, 0.3) is 0 Å². The van der Waals surface area contributed by atoms with Gasteiger partial charge in [-0.15, -0.1) is 0 Å². The van der Waals surface area contributed by atoms with Crippen LogP contribution in [0.2, 0.25) is 0 Å². The number of aromatic nitrogens is 2. The Hall–Kier alpha value is -2.15. The van der Waals surface area contributed by atoms with Crippen molar-refractivity contribution in [2.24, 2.45) is 0 Å². The Bertz CT molecular complexity index is 838. The number of hydrogen-bond acceptors (Lipinski definition) is 1. The minimum atomic E-state index is -4.42. The number of hydrogen-bond donors (Lipinski definition) is 0. The Labute approximate surface area is 137 Å². The highest BCUT2D eigenvalue weighted by molar-refractivity contribution is 9.10. The lowest BCUT2D eigenvalue weighted by Gasteiger charge is -2.10. The van der Waals surface area contributed by atoms with Gasteiger partial charge in [0.2, 0.25) is 0 Å². The molecule has 0 amide bonds. The van der Waals surface area contributed by atoms with Gasteiger partial charge in [0.1, 0.15) is 10.4 Å². The predicted molar refractivity (Wildman–Crippen MR) is 81.7 cm³/mol. The van der Waals surface area contributed by atoms with Crippen LogP contribution in [0.1, 0.15) is 5.56 Å². The second kappa shape index (κ2) is 5.81. The highest BCUT2D eigenvalue weighted by Crippen LogP contribution is 2.33. The van der Waals surface area contributed by atoms with Crippen molar-refractivity contribution >= 4 is 15.9 Å². The lowest BCUT2D eigenvalue weighted by Crippen LogP contribution is -2.05. The van der Waals surface area contributed by atoms with Crippen LogP contribution in [0.25, 0.3) is 16.9 Å². The summed E-state index contributed by atoms with van der Waals surface area (Å²) in [4.78, 5) is 0. The number of benzene rings is 2. The summed E-state index contributed by atoms with van der Waals surface area (Å²) in [5.74, 6) is -0.402. The van der Waals surface area contributed by atoms with Crippen LogP contribution in [0, 0.1) is 5.82 Å². The quantitative estimate of drug-likeness (QED) is 0.536.